The molecule has 136 valence electrons. The first-order valence-corrected chi connectivity index (χ1v) is 7.39. The van der Waals surface area contributed by atoms with Gasteiger partial charge in [0.2, 0.25) is 11.6 Å². The number of halogens is 2. The molecule has 25 heavy (non-hydrogen) atoms. The number of nitrogens with one attached hydrogen (secondary N) is 1. The summed E-state index contributed by atoms with van der Waals surface area (Å²) in [4.78, 5) is 22.1. The van der Waals surface area contributed by atoms with Gasteiger partial charge in [-0.15, -0.1) is 0 Å². The summed E-state index contributed by atoms with van der Waals surface area (Å²) in [5.41, 5.74) is 0.724. The molecule has 0 aliphatic heterocycles. The number of rotatable bonds is 6. The van der Waals surface area contributed by atoms with Gasteiger partial charge in [0, 0.05) is 24.8 Å². The zero-order chi connectivity index (χ0) is 18.9. The van der Waals surface area contributed by atoms with E-state index in [0.29, 0.717) is 0 Å². The van der Waals surface area contributed by atoms with Gasteiger partial charge in [0.15, 0.2) is 0 Å². The maximum Gasteiger partial charge on any atom is 0.319 e. The van der Waals surface area contributed by atoms with E-state index in [1.54, 1.807) is 11.7 Å². The normalized spacial score (nSPS) is 11.2. The SMILES string of the molecule is Cc1nn(C)c(C)c1CNC(=O)Cn1nc(C(F)F)c([N+](=O)[O-])c1C. The van der Waals surface area contributed by atoms with Crippen molar-refractivity contribution in [2.45, 2.75) is 40.3 Å². The van der Waals surface area contributed by atoms with Crippen molar-refractivity contribution < 1.29 is 18.5 Å². The first kappa shape index (κ1) is 18.5. The van der Waals surface area contributed by atoms with Crippen LogP contribution < -0.4 is 5.32 Å². The van der Waals surface area contributed by atoms with Crippen LogP contribution in [-0.4, -0.2) is 30.4 Å². The van der Waals surface area contributed by atoms with Gasteiger partial charge in [-0.2, -0.15) is 10.2 Å². The van der Waals surface area contributed by atoms with Crippen molar-refractivity contribution >= 4 is 11.6 Å². The summed E-state index contributed by atoms with van der Waals surface area (Å²) in [6.07, 6.45) is -3.09. The fourth-order valence-corrected chi connectivity index (χ4v) is 2.54. The zero-order valence-corrected chi connectivity index (χ0v) is 14.2. The largest absolute Gasteiger partial charge is 0.350 e. The summed E-state index contributed by atoms with van der Waals surface area (Å²) in [7, 11) is 1.78. The average Bonchev–Trinajstić information content (AvgIpc) is 2.95. The second kappa shape index (κ2) is 6.95. The first-order chi connectivity index (χ1) is 11.6. The van der Waals surface area contributed by atoms with E-state index in [9.17, 15) is 23.7 Å². The van der Waals surface area contributed by atoms with Crippen molar-refractivity contribution in [2.24, 2.45) is 7.05 Å². The molecule has 11 heteroatoms. The molecule has 9 nitrogen and oxygen atoms in total. The maximum atomic E-state index is 12.9. The molecule has 0 bridgehead atoms. The maximum absolute atomic E-state index is 12.9. The van der Waals surface area contributed by atoms with Gasteiger partial charge in [0.05, 0.1) is 10.6 Å². The number of hydrogen-bond acceptors (Lipinski definition) is 5. The highest BCUT2D eigenvalue weighted by atomic mass is 19.3. The van der Waals surface area contributed by atoms with Gasteiger partial charge in [0.1, 0.15) is 12.2 Å². The monoisotopic (exact) mass is 356 g/mol. The van der Waals surface area contributed by atoms with Crippen LogP contribution >= 0.6 is 0 Å². The number of carbonyl (C=O) groups is 1. The molecule has 0 unspecified atom stereocenters. The van der Waals surface area contributed by atoms with Crippen LogP contribution in [-0.2, 0) is 24.9 Å². The fourth-order valence-electron chi connectivity index (χ4n) is 2.54. The second-order valence-corrected chi connectivity index (χ2v) is 5.58. The summed E-state index contributed by atoms with van der Waals surface area (Å²) in [6, 6.07) is 0. The lowest BCUT2D eigenvalue weighted by Gasteiger charge is -2.07. The van der Waals surface area contributed by atoms with Crippen molar-refractivity contribution in [3.8, 4) is 0 Å². The van der Waals surface area contributed by atoms with E-state index in [1.165, 1.54) is 6.92 Å². The fraction of sp³-hybridized carbons (Fsp3) is 0.500. The molecule has 0 aliphatic rings. The van der Waals surface area contributed by atoms with Crippen molar-refractivity contribution in [3.63, 3.8) is 0 Å². The lowest BCUT2D eigenvalue weighted by atomic mass is 10.2. The van der Waals surface area contributed by atoms with Crippen LogP contribution in [0, 0.1) is 30.9 Å². The smallest absolute Gasteiger partial charge is 0.319 e. The number of alkyl halides is 2. The van der Waals surface area contributed by atoms with E-state index >= 15 is 0 Å². The molecule has 0 fully saturated rings. The number of nitrogens with zero attached hydrogens (tertiary/aromatic N) is 5. The van der Waals surface area contributed by atoms with Crippen LogP contribution in [0.25, 0.3) is 0 Å². The Morgan fingerprint density at radius 2 is 1.92 bits per heavy atom. The molecule has 2 aromatic rings. The molecule has 0 aromatic carbocycles. The number of aryl methyl sites for hydroxylation is 2. The molecule has 2 rings (SSSR count). The van der Waals surface area contributed by atoms with Gasteiger partial charge in [-0.05, 0) is 20.8 Å². The number of nitro groups is 1. The highest BCUT2D eigenvalue weighted by Gasteiger charge is 2.31. The minimum absolute atomic E-state index is 0.0933. The predicted molar refractivity (Wildman–Crippen MR) is 83.1 cm³/mol. The summed E-state index contributed by atoms with van der Waals surface area (Å²) in [5, 5.41) is 21.3. The molecule has 0 radical (unpaired) electrons. The zero-order valence-electron chi connectivity index (χ0n) is 14.2. The van der Waals surface area contributed by atoms with Gasteiger partial charge in [-0.25, -0.2) is 8.78 Å². The Bertz CT molecular complexity index is 827. The molecule has 0 spiro atoms. The van der Waals surface area contributed by atoms with Gasteiger partial charge < -0.3 is 5.32 Å². The van der Waals surface area contributed by atoms with Crippen molar-refractivity contribution in [2.75, 3.05) is 0 Å². The molecule has 0 saturated carbocycles. The lowest BCUT2D eigenvalue weighted by Crippen LogP contribution is -2.28. The first-order valence-electron chi connectivity index (χ1n) is 7.39. The van der Waals surface area contributed by atoms with Gasteiger partial charge in [-0.3, -0.25) is 24.3 Å². The van der Waals surface area contributed by atoms with Crippen LogP contribution in [0.3, 0.4) is 0 Å². The molecule has 0 saturated heterocycles. The summed E-state index contributed by atoms with van der Waals surface area (Å²) in [5.74, 6) is -0.496. The predicted octanol–water partition coefficient (Wildman–Crippen LogP) is 1.70. The topological polar surface area (TPSA) is 108 Å². The van der Waals surface area contributed by atoms with Crippen molar-refractivity contribution in [1.82, 2.24) is 24.9 Å². The van der Waals surface area contributed by atoms with Crippen molar-refractivity contribution in [3.05, 3.63) is 38.5 Å². The highest BCUT2D eigenvalue weighted by Crippen LogP contribution is 2.30. The molecular formula is C14H18F2N6O3. The Kier molecular flexibility index (Phi) is 5.14. The third-order valence-electron chi connectivity index (χ3n) is 4.00. The van der Waals surface area contributed by atoms with Crippen LogP contribution in [0.4, 0.5) is 14.5 Å². The van der Waals surface area contributed by atoms with Crippen molar-refractivity contribution in [1.29, 1.82) is 0 Å². The Labute approximate surface area is 141 Å². The third kappa shape index (κ3) is 3.64. The van der Waals surface area contributed by atoms with Gasteiger partial charge in [0.25, 0.3) is 6.43 Å². The Morgan fingerprint density at radius 1 is 1.28 bits per heavy atom. The van der Waals surface area contributed by atoms with E-state index in [-0.39, 0.29) is 12.2 Å². The summed E-state index contributed by atoms with van der Waals surface area (Å²) < 4.78 is 28.4. The van der Waals surface area contributed by atoms with E-state index in [0.717, 1.165) is 21.6 Å². The minimum atomic E-state index is -3.09. The van der Waals surface area contributed by atoms with E-state index < -0.39 is 35.2 Å². The molecular weight excluding hydrogens is 338 g/mol. The number of aromatic nitrogens is 4. The Morgan fingerprint density at radius 3 is 2.36 bits per heavy atom. The lowest BCUT2D eigenvalue weighted by molar-refractivity contribution is -0.386. The van der Waals surface area contributed by atoms with Crippen LogP contribution in [0.1, 0.15) is 34.8 Å². The Hall–Kier alpha value is -2.85. The van der Waals surface area contributed by atoms with Crippen LogP contribution in [0.15, 0.2) is 0 Å². The number of amides is 1. The van der Waals surface area contributed by atoms with E-state index in [4.69, 9.17) is 0 Å². The summed E-state index contributed by atoms with van der Waals surface area (Å²) in [6.45, 7) is 4.77. The van der Waals surface area contributed by atoms with Gasteiger partial charge >= 0.3 is 5.69 Å². The third-order valence-corrected chi connectivity index (χ3v) is 4.00. The quantitative estimate of drug-likeness (QED) is 0.626. The highest BCUT2D eigenvalue weighted by molar-refractivity contribution is 5.76. The standard InChI is InChI=1S/C14H18F2N6O3/c1-7-10(8(2)20(4)18-7)5-17-11(23)6-21-9(3)13(22(24)25)12(19-21)14(15)16/h14H,5-6H2,1-4H3,(H,17,23). The van der Waals surface area contributed by atoms with Crippen LogP contribution in [0.5, 0.6) is 0 Å². The molecule has 1 amide bonds. The second-order valence-electron chi connectivity index (χ2n) is 5.58. The molecule has 0 aliphatic carbocycles. The molecule has 1 N–H and O–H groups in total. The number of hydrogen-bond donors (Lipinski definition) is 1. The van der Waals surface area contributed by atoms with E-state index in [1.807, 2.05) is 13.8 Å². The average molecular weight is 356 g/mol. The van der Waals surface area contributed by atoms with Crippen LogP contribution in [0.2, 0.25) is 0 Å². The molecule has 2 aromatic heterocycles. The van der Waals surface area contributed by atoms with Gasteiger partial charge in [-0.1, -0.05) is 0 Å². The number of carbonyl (C=O) groups excluding carboxylic acids is 1. The molecule has 0 atom stereocenters. The molecule has 2 heterocycles. The minimum Gasteiger partial charge on any atom is -0.350 e. The summed E-state index contributed by atoms with van der Waals surface area (Å²) >= 11 is 0. The Balaban J connectivity index is 2.13. The van der Waals surface area contributed by atoms with E-state index in [2.05, 4.69) is 15.5 Å².